The number of benzene rings is 3. The van der Waals surface area contributed by atoms with Crippen molar-refractivity contribution >= 4 is 35.4 Å². The van der Waals surface area contributed by atoms with Crippen LogP contribution in [0, 0.1) is 10.1 Å². The van der Waals surface area contributed by atoms with Gasteiger partial charge in [-0.05, 0) is 61.2 Å². The number of carbonyl (C=O) groups excluding carboxylic acids is 4. The van der Waals surface area contributed by atoms with Gasteiger partial charge in [0.15, 0.2) is 6.10 Å². The van der Waals surface area contributed by atoms with E-state index < -0.39 is 41.1 Å². The molecule has 2 atom stereocenters. The van der Waals surface area contributed by atoms with Gasteiger partial charge in [-0.25, -0.2) is 9.59 Å². The molecule has 3 aromatic carbocycles. The first-order valence-corrected chi connectivity index (χ1v) is 13.6. The molecule has 0 bridgehead atoms. The first-order valence-electron chi connectivity index (χ1n) is 13.6. The van der Waals surface area contributed by atoms with E-state index in [-0.39, 0.29) is 30.9 Å². The number of hydrogen-bond donors (Lipinski definition) is 4. The quantitative estimate of drug-likeness (QED) is 0.0647. The number of nitro groups is 1. The summed E-state index contributed by atoms with van der Waals surface area (Å²) in [6, 6.07) is 19.3. The molecule has 3 amide bonds. The fraction of sp³-hybridized carbons (Fsp3) is 0.267. The lowest BCUT2D eigenvalue weighted by molar-refractivity contribution is -0.384. The predicted octanol–water partition coefficient (Wildman–Crippen LogP) is 3.57. The number of nitrogens with two attached hydrogens (primary N) is 2. The van der Waals surface area contributed by atoms with Gasteiger partial charge in [-0.3, -0.25) is 19.7 Å². The van der Waals surface area contributed by atoms with E-state index in [0.717, 1.165) is 5.56 Å². The molecule has 0 unspecified atom stereocenters. The van der Waals surface area contributed by atoms with E-state index in [1.807, 2.05) is 6.07 Å². The molecule has 0 saturated heterocycles. The molecule has 0 aliphatic carbocycles. The molecule has 0 radical (unpaired) electrons. The topological polar surface area (TPSA) is 215 Å². The van der Waals surface area contributed by atoms with Crippen LogP contribution in [0.25, 0.3) is 0 Å². The van der Waals surface area contributed by atoms with Crippen LogP contribution in [-0.2, 0) is 32.1 Å². The van der Waals surface area contributed by atoms with Gasteiger partial charge in [0.2, 0.25) is 5.91 Å². The molecule has 0 aromatic heterocycles. The van der Waals surface area contributed by atoms with Crippen molar-refractivity contribution in [3.63, 3.8) is 0 Å². The molecule has 0 spiro atoms. The van der Waals surface area contributed by atoms with Crippen molar-refractivity contribution < 1.29 is 38.3 Å². The Hall–Kier alpha value is -5.50. The Morgan fingerprint density at radius 3 is 2.16 bits per heavy atom. The molecule has 14 heteroatoms. The number of nitrogens with zero attached hydrogens (tertiary/aromatic N) is 1. The fourth-order valence-corrected chi connectivity index (χ4v) is 4.00. The van der Waals surface area contributed by atoms with Crippen LogP contribution in [0.2, 0.25) is 0 Å². The van der Waals surface area contributed by atoms with Gasteiger partial charge in [-0.15, -0.1) is 0 Å². The van der Waals surface area contributed by atoms with E-state index in [4.69, 9.17) is 25.7 Å². The summed E-state index contributed by atoms with van der Waals surface area (Å²) in [5.41, 5.74) is 12.4. The molecule has 3 aromatic rings. The van der Waals surface area contributed by atoms with Crippen LogP contribution in [0.4, 0.5) is 21.0 Å². The van der Waals surface area contributed by atoms with Gasteiger partial charge in [-0.1, -0.05) is 42.5 Å². The molecule has 0 heterocycles. The highest BCUT2D eigenvalue weighted by molar-refractivity contribution is 5.98. The average molecular weight is 608 g/mol. The SMILES string of the molecule is NCCCC[C@@H](NC(=O)[C@H](Cc1ccccc1)OC(N)=O)C(=O)Nc1ccc(COC(=O)Oc2ccc([N+](=O)[O-])cc2)cc1. The standard InChI is InChI=1S/C30H33N5O9/c31-17-5-4-8-25(34-28(37)26(44-29(32)38)18-20-6-2-1-3-7-20)27(36)33-22-11-9-21(10-12-22)19-42-30(39)43-24-15-13-23(14-16-24)35(40)41/h1-3,6-7,9-16,25-26H,4-5,8,17-19,31H2,(H2,32,38)(H,33,36)(H,34,37)/t25-,26+/m1/s1. The van der Waals surface area contributed by atoms with E-state index >= 15 is 0 Å². The molecule has 0 aliphatic heterocycles. The third-order valence-corrected chi connectivity index (χ3v) is 6.22. The van der Waals surface area contributed by atoms with Crippen molar-refractivity contribution in [1.82, 2.24) is 5.32 Å². The van der Waals surface area contributed by atoms with Crippen molar-refractivity contribution in [3.05, 3.63) is 100 Å². The van der Waals surface area contributed by atoms with E-state index in [9.17, 15) is 29.3 Å². The second-order valence-electron chi connectivity index (χ2n) is 9.54. The van der Waals surface area contributed by atoms with E-state index in [2.05, 4.69) is 10.6 Å². The zero-order valence-corrected chi connectivity index (χ0v) is 23.7. The maximum atomic E-state index is 13.2. The molecular formula is C30H33N5O9. The third kappa shape index (κ3) is 11.1. The van der Waals surface area contributed by atoms with Crippen molar-refractivity contribution in [2.45, 2.75) is 44.4 Å². The van der Waals surface area contributed by atoms with E-state index in [1.165, 1.54) is 24.3 Å². The number of primary amides is 1. The first-order chi connectivity index (χ1) is 21.1. The Kier molecular flexibility index (Phi) is 12.6. The van der Waals surface area contributed by atoms with Gasteiger partial charge in [0.25, 0.3) is 11.6 Å². The van der Waals surface area contributed by atoms with Crippen LogP contribution in [0.5, 0.6) is 5.75 Å². The maximum absolute atomic E-state index is 13.2. The minimum absolute atomic E-state index is 0.0672. The number of amides is 3. The van der Waals surface area contributed by atoms with Crippen molar-refractivity contribution in [1.29, 1.82) is 0 Å². The molecule has 0 saturated carbocycles. The van der Waals surface area contributed by atoms with E-state index in [0.29, 0.717) is 30.6 Å². The van der Waals surface area contributed by atoms with Gasteiger partial charge in [0.1, 0.15) is 18.4 Å². The van der Waals surface area contributed by atoms with Crippen molar-refractivity contribution in [3.8, 4) is 5.75 Å². The summed E-state index contributed by atoms with van der Waals surface area (Å²) < 4.78 is 15.1. The van der Waals surface area contributed by atoms with Crippen LogP contribution in [0.3, 0.4) is 0 Å². The summed E-state index contributed by atoms with van der Waals surface area (Å²) in [7, 11) is 0. The van der Waals surface area contributed by atoms with Gasteiger partial charge < -0.3 is 36.3 Å². The second-order valence-corrected chi connectivity index (χ2v) is 9.54. The first kappa shape index (κ1) is 33.0. The molecule has 0 fully saturated rings. The molecular weight excluding hydrogens is 574 g/mol. The number of carbonyl (C=O) groups is 4. The van der Waals surface area contributed by atoms with Crippen molar-refractivity contribution in [2.24, 2.45) is 11.5 Å². The smallest absolute Gasteiger partial charge is 0.436 e. The lowest BCUT2D eigenvalue weighted by atomic mass is 10.0. The summed E-state index contributed by atoms with van der Waals surface area (Å²) in [6.45, 7) is 0.273. The predicted molar refractivity (Wildman–Crippen MR) is 158 cm³/mol. The Morgan fingerprint density at radius 2 is 1.55 bits per heavy atom. The van der Waals surface area contributed by atoms with Crippen LogP contribution in [0.1, 0.15) is 30.4 Å². The van der Waals surface area contributed by atoms with Crippen LogP contribution < -0.4 is 26.8 Å². The highest BCUT2D eigenvalue weighted by Crippen LogP contribution is 2.18. The van der Waals surface area contributed by atoms with Gasteiger partial charge >= 0.3 is 12.2 Å². The minimum atomic E-state index is -1.24. The number of ether oxygens (including phenoxy) is 3. The Labute approximate surface area is 252 Å². The Morgan fingerprint density at radius 1 is 0.864 bits per heavy atom. The lowest BCUT2D eigenvalue weighted by Crippen LogP contribution is -2.49. The molecule has 44 heavy (non-hydrogen) atoms. The monoisotopic (exact) mass is 607 g/mol. The number of anilines is 1. The van der Waals surface area contributed by atoms with Gasteiger partial charge in [0, 0.05) is 24.2 Å². The molecule has 3 rings (SSSR count). The van der Waals surface area contributed by atoms with E-state index in [1.54, 1.807) is 48.5 Å². The molecule has 6 N–H and O–H groups in total. The largest absolute Gasteiger partial charge is 0.514 e. The zero-order valence-electron chi connectivity index (χ0n) is 23.7. The van der Waals surface area contributed by atoms with Gasteiger partial charge in [-0.2, -0.15) is 0 Å². The summed E-state index contributed by atoms with van der Waals surface area (Å²) in [5, 5.41) is 16.1. The molecule has 14 nitrogen and oxygen atoms in total. The number of rotatable bonds is 15. The molecule has 0 aliphatic rings. The lowest BCUT2D eigenvalue weighted by Gasteiger charge is -2.22. The number of non-ortho nitro benzene ring substituents is 1. The normalized spacial score (nSPS) is 11.8. The Balaban J connectivity index is 1.57. The van der Waals surface area contributed by atoms with Crippen LogP contribution >= 0.6 is 0 Å². The summed E-state index contributed by atoms with van der Waals surface area (Å²) >= 11 is 0. The minimum Gasteiger partial charge on any atom is -0.436 e. The number of hydrogen-bond acceptors (Lipinski definition) is 10. The summed E-state index contributed by atoms with van der Waals surface area (Å²) in [6.07, 6.45) is -1.82. The zero-order chi connectivity index (χ0) is 31.9. The highest BCUT2D eigenvalue weighted by Gasteiger charge is 2.28. The molecule has 232 valence electrons. The average Bonchev–Trinajstić information content (AvgIpc) is 3.00. The number of unbranched alkanes of at least 4 members (excludes halogenated alkanes) is 1. The summed E-state index contributed by atoms with van der Waals surface area (Å²) in [5.74, 6) is -1.09. The fourth-order valence-electron chi connectivity index (χ4n) is 4.00. The van der Waals surface area contributed by atoms with Crippen LogP contribution in [-0.4, -0.2) is 47.7 Å². The third-order valence-electron chi connectivity index (χ3n) is 6.22. The van der Waals surface area contributed by atoms with Gasteiger partial charge in [0.05, 0.1) is 4.92 Å². The number of nitro benzene ring substituents is 1. The highest BCUT2D eigenvalue weighted by atomic mass is 16.7. The maximum Gasteiger partial charge on any atom is 0.514 e. The Bertz CT molecular complexity index is 1420. The van der Waals surface area contributed by atoms with Crippen LogP contribution in [0.15, 0.2) is 78.9 Å². The second kappa shape index (κ2) is 16.8. The van der Waals surface area contributed by atoms with Crippen molar-refractivity contribution in [2.75, 3.05) is 11.9 Å². The number of nitrogens with one attached hydrogen (secondary N) is 2. The summed E-state index contributed by atoms with van der Waals surface area (Å²) in [4.78, 5) is 59.9.